The third-order valence-corrected chi connectivity index (χ3v) is 6.78. The van der Waals surface area contributed by atoms with Gasteiger partial charge in [0.1, 0.15) is 11.4 Å². The molecule has 2 bridgehead atoms. The summed E-state index contributed by atoms with van der Waals surface area (Å²) in [4.78, 5) is 26.7. The van der Waals surface area contributed by atoms with Gasteiger partial charge in [0.25, 0.3) is 5.91 Å². The van der Waals surface area contributed by atoms with E-state index in [0.29, 0.717) is 23.6 Å². The van der Waals surface area contributed by atoms with Crippen molar-refractivity contribution in [2.75, 3.05) is 26.7 Å². The first-order valence-electron chi connectivity index (χ1n) is 10.1. The summed E-state index contributed by atoms with van der Waals surface area (Å²) in [6.07, 6.45) is 5.65. The van der Waals surface area contributed by atoms with Crippen molar-refractivity contribution in [2.45, 2.75) is 37.8 Å². The fraction of sp³-hybridized carbons (Fsp3) is 0.500. The quantitative estimate of drug-likeness (QED) is 0.821. The number of ether oxygens (including phenoxy) is 1. The normalized spacial score (nSPS) is 30.9. The number of hydrogen-bond acceptors (Lipinski definition) is 5. The molecule has 1 amide bonds. The molecule has 4 saturated heterocycles. The fourth-order valence-electron chi connectivity index (χ4n) is 5.47. The number of hydrogen-bond donors (Lipinski definition) is 0. The standard InChI is InChI=1S/C22H26N4O2/c1-14-11-24-19(12-23-14)22(27)26-13-18(16-4-3-5-17(10-16)28-2)21-20(26)15-6-8-25(21)9-7-15/h3-5,10-12,15,18,20-21H,6-9,13H2,1-2H3/t18-,20-,21-/m1/s1. The Hall–Kier alpha value is -2.47. The Morgan fingerprint density at radius 1 is 1.14 bits per heavy atom. The van der Waals surface area contributed by atoms with E-state index in [2.05, 4.69) is 38.0 Å². The monoisotopic (exact) mass is 378 g/mol. The molecule has 6 rings (SSSR count). The fourth-order valence-corrected chi connectivity index (χ4v) is 5.47. The van der Waals surface area contributed by atoms with Gasteiger partial charge >= 0.3 is 0 Å². The van der Waals surface area contributed by atoms with Crippen LogP contribution in [0, 0.1) is 12.8 Å². The predicted molar refractivity (Wildman–Crippen MR) is 105 cm³/mol. The number of benzene rings is 1. The van der Waals surface area contributed by atoms with Crippen LogP contribution in [0.1, 0.15) is 40.5 Å². The minimum atomic E-state index is 0.0154. The van der Waals surface area contributed by atoms with Crippen molar-refractivity contribution in [2.24, 2.45) is 5.92 Å². The van der Waals surface area contributed by atoms with Crippen LogP contribution in [0.2, 0.25) is 0 Å². The Labute approximate surface area is 165 Å². The molecule has 4 aliphatic heterocycles. The van der Waals surface area contributed by atoms with E-state index in [1.165, 1.54) is 18.4 Å². The molecule has 2 aromatic rings. The maximum Gasteiger partial charge on any atom is 0.274 e. The molecule has 4 aliphatic rings. The number of aromatic nitrogens is 2. The summed E-state index contributed by atoms with van der Waals surface area (Å²) in [5.41, 5.74) is 2.53. The van der Waals surface area contributed by atoms with E-state index in [1.54, 1.807) is 19.5 Å². The van der Waals surface area contributed by atoms with Gasteiger partial charge in [0.15, 0.2) is 0 Å². The maximum atomic E-state index is 13.4. The number of carbonyl (C=O) groups excluding carboxylic acids is 1. The van der Waals surface area contributed by atoms with Crippen LogP contribution in [-0.2, 0) is 0 Å². The van der Waals surface area contributed by atoms with E-state index in [0.717, 1.165) is 31.1 Å². The zero-order chi connectivity index (χ0) is 19.3. The first-order chi connectivity index (χ1) is 13.7. The lowest BCUT2D eigenvalue weighted by atomic mass is 9.75. The van der Waals surface area contributed by atoms with Crippen LogP contribution in [0.3, 0.4) is 0 Å². The van der Waals surface area contributed by atoms with Crippen LogP contribution >= 0.6 is 0 Å². The summed E-state index contributed by atoms with van der Waals surface area (Å²) in [5, 5.41) is 0. The second-order valence-electron chi connectivity index (χ2n) is 8.24. The summed E-state index contributed by atoms with van der Waals surface area (Å²) in [5.74, 6) is 1.76. The van der Waals surface area contributed by atoms with E-state index in [4.69, 9.17) is 4.74 Å². The van der Waals surface area contributed by atoms with E-state index in [-0.39, 0.29) is 11.9 Å². The molecule has 0 radical (unpaired) electrons. The van der Waals surface area contributed by atoms with Crippen molar-refractivity contribution >= 4 is 5.91 Å². The van der Waals surface area contributed by atoms with Gasteiger partial charge in [0.2, 0.25) is 0 Å². The number of carbonyl (C=O) groups is 1. The number of amides is 1. The molecular weight excluding hydrogens is 352 g/mol. The molecule has 1 aromatic heterocycles. The molecule has 0 saturated carbocycles. The predicted octanol–water partition coefficient (Wildman–Crippen LogP) is 2.50. The molecule has 1 aromatic carbocycles. The summed E-state index contributed by atoms with van der Waals surface area (Å²) >= 11 is 0. The zero-order valence-electron chi connectivity index (χ0n) is 16.4. The maximum absolute atomic E-state index is 13.4. The molecule has 3 atom stereocenters. The van der Waals surface area contributed by atoms with Gasteiger partial charge in [-0.25, -0.2) is 4.98 Å². The lowest BCUT2D eigenvalue weighted by molar-refractivity contribution is -0.00360. The highest BCUT2D eigenvalue weighted by atomic mass is 16.5. The second kappa shape index (κ2) is 6.85. The summed E-state index contributed by atoms with van der Waals surface area (Å²) in [6, 6.07) is 8.97. The molecule has 6 nitrogen and oxygen atoms in total. The van der Waals surface area contributed by atoms with Gasteiger partial charge in [0.05, 0.1) is 25.0 Å². The average molecular weight is 378 g/mol. The lowest BCUT2D eigenvalue weighted by Gasteiger charge is -2.51. The number of methoxy groups -OCH3 is 1. The first-order valence-corrected chi connectivity index (χ1v) is 10.1. The SMILES string of the molecule is COc1cccc([C@H]2CN(C(=O)c3cnc(C)cn3)[C@@H]3C4CCN(CC4)[C@H]23)c1. The molecule has 146 valence electrons. The number of rotatable bonds is 3. The van der Waals surface area contributed by atoms with Crippen LogP contribution in [-0.4, -0.2) is 64.5 Å². The molecule has 4 fully saturated rings. The summed E-state index contributed by atoms with van der Waals surface area (Å²) in [6.45, 7) is 4.89. The molecule has 5 heterocycles. The van der Waals surface area contributed by atoms with Crippen molar-refractivity contribution in [1.82, 2.24) is 19.8 Å². The van der Waals surface area contributed by atoms with Gasteiger partial charge in [-0.2, -0.15) is 0 Å². The average Bonchev–Trinajstić information content (AvgIpc) is 3.18. The van der Waals surface area contributed by atoms with Gasteiger partial charge in [-0.3, -0.25) is 14.7 Å². The van der Waals surface area contributed by atoms with Crippen LogP contribution in [0.15, 0.2) is 36.7 Å². The summed E-state index contributed by atoms with van der Waals surface area (Å²) < 4.78 is 5.45. The van der Waals surface area contributed by atoms with Crippen molar-refractivity contribution in [3.8, 4) is 5.75 Å². The Bertz CT molecular complexity index is 876. The zero-order valence-corrected chi connectivity index (χ0v) is 16.4. The topological polar surface area (TPSA) is 58.6 Å². The molecule has 0 N–H and O–H groups in total. The highest BCUT2D eigenvalue weighted by molar-refractivity contribution is 5.92. The number of nitrogens with zero attached hydrogens (tertiary/aromatic N) is 4. The van der Waals surface area contributed by atoms with Crippen LogP contribution in [0.25, 0.3) is 0 Å². The van der Waals surface area contributed by atoms with Crippen LogP contribution < -0.4 is 4.74 Å². The molecule has 0 spiro atoms. The minimum absolute atomic E-state index is 0.0154. The Kier molecular flexibility index (Phi) is 4.31. The molecular formula is C22H26N4O2. The van der Waals surface area contributed by atoms with Gasteiger partial charge in [-0.15, -0.1) is 0 Å². The van der Waals surface area contributed by atoms with Crippen molar-refractivity contribution in [1.29, 1.82) is 0 Å². The van der Waals surface area contributed by atoms with Gasteiger partial charge in [0, 0.05) is 24.7 Å². The van der Waals surface area contributed by atoms with E-state index in [9.17, 15) is 4.79 Å². The van der Waals surface area contributed by atoms with E-state index >= 15 is 0 Å². The van der Waals surface area contributed by atoms with Crippen molar-refractivity contribution in [3.63, 3.8) is 0 Å². The minimum Gasteiger partial charge on any atom is -0.497 e. The second-order valence-corrected chi connectivity index (χ2v) is 8.24. The van der Waals surface area contributed by atoms with Crippen molar-refractivity contribution in [3.05, 3.63) is 53.6 Å². The van der Waals surface area contributed by atoms with Gasteiger partial charge in [-0.05, 0) is 56.5 Å². The number of likely N-dealkylation sites (tertiary alicyclic amines) is 1. The first kappa shape index (κ1) is 17.6. The lowest BCUT2D eigenvalue weighted by Crippen LogP contribution is -2.60. The van der Waals surface area contributed by atoms with E-state index in [1.807, 2.05) is 13.0 Å². The highest BCUT2D eigenvalue weighted by Gasteiger charge is 2.54. The number of piperidine rings is 3. The summed E-state index contributed by atoms with van der Waals surface area (Å²) in [7, 11) is 1.70. The largest absolute Gasteiger partial charge is 0.497 e. The molecule has 28 heavy (non-hydrogen) atoms. The molecule has 6 heteroatoms. The van der Waals surface area contributed by atoms with Gasteiger partial charge in [-0.1, -0.05) is 12.1 Å². The highest BCUT2D eigenvalue weighted by Crippen LogP contribution is 2.47. The molecule has 0 unspecified atom stereocenters. The number of fused-ring (bicyclic) bond motifs is 2. The number of aryl methyl sites for hydroxylation is 1. The van der Waals surface area contributed by atoms with Crippen molar-refractivity contribution < 1.29 is 9.53 Å². The third-order valence-electron chi connectivity index (χ3n) is 6.78. The van der Waals surface area contributed by atoms with E-state index < -0.39 is 0 Å². The third kappa shape index (κ3) is 2.78. The van der Waals surface area contributed by atoms with Gasteiger partial charge < -0.3 is 9.64 Å². The Morgan fingerprint density at radius 3 is 2.68 bits per heavy atom. The Morgan fingerprint density at radius 2 is 1.96 bits per heavy atom. The Balaban J connectivity index is 1.51. The molecule has 0 aliphatic carbocycles. The smallest absolute Gasteiger partial charge is 0.274 e. The van der Waals surface area contributed by atoms with Crippen LogP contribution in [0.4, 0.5) is 0 Å². The van der Waals surface area contributed by atoms with Crippen LogP contribution in [0.5, 0.6) is 5.75 Å².